The van der Waals surface area contributed by atoms with E-state index in [0.717, 1.165) is 5.57 Å². The first kappa shape index (κ1) is 23.6. The summed E-state index contributed by atoms with van der Waals surface area (Å²) in [5.41, 5.74) is 0.772. The summed E-state index contributed by atoms with van der Waals surface area (Å²) in [6, 6.07) is 0. The van der Waals surface area contributed by atoms with Crippen LogP contribution in [0.25, 0.3) is 0 Å². The summed E-state index contributed by atoms with van der Waals surface area (Å²) in [5, 5.41) is 24.7. The van der Waals surface area contributed by atoms with Gasteiger partial charge in [0, 0.05) is 13.6 Å². The van der Waals surface area contributed by atoms with Crippen molar-refractivity contribution in [2.45, 2.75) is 34.1 Å². The lowest BCUT2D eigenvalue weighted by molar-refractivity contribution is 0.138. The summed E-state index contributed by atoms with van der Waals surface area (Å²) in [5.74, 6) is 0.940. The van der Waals surface area contributed by atoms with Crippen molar-refractivity contribution in [2.24, 2.45) is 20.3 Å². The summed E-state index contributed by atoms with van der Waals surface area (Å²) < 4.78 is 0. The van der Waals surface area contributed by atoms with E-state index < -0.39 is 13.5 Å². The van der Waals surface area contributed by atoms with E-state index in [1.54, 1.807) is 13.8 Å². The molecule has 0 aliphatic rings. The molecule has 0 spiro atoms. The minimum absolute atomic E-state index is 0.0389. The number of hydrogen-bond donors (Lipinski definition) is 2. The van der Waals surface area contributed by atoms with Crippen molar-refractivity contribution in [3.05, 3.63) is 21.2 Å². The highest BCUT2D eigenvalue weighted by Crippen LogP contribution is 2.16. The van der Waals surface area contributed by atoms with E-state index in [4.69, 9.17) is 0 Å². The van der Waals surface area contributed by atoms with Crippen molar-refractivity contribution < 1.29 is 10.2 Å². The van der Waals surface area contributed by atoms with Crippen molar-refractivity contribution in [3.63, 3.8) is 0 Å². The quantitative estimate of drug-likeness (QED) is 0.256. The van der Waals surface area contributed by atoms with Crippen LogP contribution in [0, 0.1) is 9.81 Å². The Morgan fingerprint density at radius 2 is 1.46 bits per heavy atom. The van der Waals surface area contributed by atoms with Gasteiger partial charge in [0.2, 0.25) is 5.96 Å². The van der Waals surface area contributed by atoms with Gasteiger partial charge in [0.15, 0.2) is 13.3 Å². The second-order valence-electron chi connectivity index (χ2n) is 5.45. The fourth-order valence-corrected chi connectivity index (χ4v) is 1.80. The number of aliphatic imine (C=N–C) groups is 2. The largest absolute Gasteiger partial charge is 0.376 e. The van der Waals surface area contributed by atoms with Crippen LogP contribution in [0.3, 0.4) is 0 Å². The third kappa shape index (κ3) is 7.23. The number of rotatable bonds is 10. The third-order valence-electron chi connectivity index (χ3n) is 3.79. The molecule has 26 heavy (non-hydrogen) atoms. The highest BCUT2D eigenvalue weighted by molar-refractivity contribution is 5.95. The van der Waals surface area contributed by atoms with Gasteiger partial charge in [-0.2, -0.15) is 4.99 Å². The molecule has 0 aliphatic heterocycles. The molecule has 0 rings (SSSR count). The summed E-state index contributed by atoms with van der Waals surface area (Å²) in [7, 11) is 1.84. The Hall–Kier alpha value is -2.40. The van der Waals surface area contributed by atoms with E-state index >= 15 is 0 Å². The lowest BCUT2D eigenvalue weighted by Crippen LogP contribution is -2.35. The molecule has 11 heteroatoms. The van der Waals surface area contributed by atoms with Gasteiger partial charge in [0.05, 0.1) is 0 Å². The van der Waals surface area contributed by atoms with Crippen LogP contribution < -0.4 is 0 Å². The summed E-state index contributed by atoms with van der Waals surface area (Å²) in [6.07, 6.45) is 0.601. The molecule has 0 atom stereocenters. The molecule has 11 nitrogen and oxygen atoms in total. The number of aliphatic hydroxyl groups excluding tert-OH is 2. The van der Waals surface area contributed by atoms with E-state index in [2.05, 4.69) is 20.3 Å². The van der Waals surface area contributed by atoms with Crippen LogP contribution in [-0.4, -0.2) is 77.1 Å². The Morgan fingerprint density at radius 3 is 1.88 bits per heavy atom. The number of nitrogens with zero attached hydrogens (tertiary/aromatic N) is 7. The predicted molar refractivity (Wildman–Crippen MR) is 101 cm³/mol. The van der Waals surface area contributed by atoms with E-state index in [1.165, 1.54) is 9.80 Å². The van der Waals surface area contributed by atoms with Gasteiger partial charge in [-0.15, -0.1) is 9.81 Å². The maximum absolute atomic E-state index is 10.7. The molecule has 0 aromatic heterocycles. The SMILES string of the molecule is CC/C(C)=C(/N=C(N=C(C)N(C)CC)N(CO)CN=O)N(CO)CN=O. The molecule has 0 aromatic carbocycles. The molecule has 148 valence electrons. The zero-order valence-electron chi connectivity index (χ0n) is 16.1. The molecule has 0 heterocycles. The fourth-order valence-electron chi connectivity index (χ4n) is 1.80. The number of hydrogen-bond acceptors (Lipinski definition) is 8. The first-order chi connectivity index (χ1) is 12.4. The van der Waals surface area contributed by atoms with Crippen LogP contribution >= 0.6 is 0 Å². The molecule has 0 aliphatic carbocycles. The normalized spacial score (nSPS) is 13.2. The lowest BCUT2D eigenvalue weighted by Gasteiger charge is -2.24. The van der Waals surface area contributed by atoms with Gasteiger partial charge in [-0.3, -0.25) is 4.90 Å². The van der Waals surface area contributed by atoms with Crippen molar-refractivity contribution >= 4 is 11.8 Å². The molecule has 0 aromatic rings. The predicted octanol–water partition coefficient (Wildman–Crippen LogP) is 1.31. The molecule has 0 radical (unpaired) electrons. The number of aliphatic hydroxyl groups is 2. The molecule has 0 saturated carbocycles. The van der Waals surface area contributed by atoms with Gasteiger partial charge in [0.25, 0.3) is 0 Å². The standard InChI is InChI=1S/C15H29N7O4/c1-6-12(3)14(21(10-23)8-16-25)19-15(22(11-24)9-17-26)18-13(4)20(5)7-2/h23-24H,6-11H2,1-5H3/b14-12-,18-13?,19-15?. The van der Waals surface area contributed by atoms with E-state index in [0.29, 0.717) is 24.6 Å². The van der Waals surface area contributed by atoms with Gasteiger partial charge in [-0.25, -0.2) is 4.99 Å². The first-order valence-electron chi connectivity index (χ1n) is 8.24. The number of allylic oxidation sites excluding steroid dienone is 1. The number of amidine groups is 1. The fraction of sp³-hybridized carbons (Fsp3) is 0.733. The summed E-state index contributed by atoms with van der Waals surface area (Å²) in [6.45, 7) is 6.43. The van der Waals surface area contributed by atoms with Crippen molar-refractivity contribution in [1.29, 1.82) is 0 Å². The Morgan fingerprint density at radius 1 is 0.923 bits per heavy atom. The Balaban J connectivity index is 6.30. The van der Waals surface area contributed by atoms with Crippen LogP contribution in [0.5, 0.6) is 0 Å². The minimum atomic E-state index is -0.527. The van der Waals surface area contributed by atoms with Gasteiger partial charge < -0.3 is 20.0 Å². The molecular formula is C15H29N7O4. The lowest BCUT2D eigenvalue weighted by atomic mass is 10.2. The summed E-state index contributed by atoms with van der Waals surface area (Å²) in [4.78, 5) is 34.4. The maximum Gasteiger partial charge on any atom is 0.232 e. The smallest absolute Gasteiger partial charge is 0.232 e. The zero-order valence-corrected chi connectivity index (χ0v) is 16.1. The molecule has 0 saturated heterocycles. The number of guanidine groups is 1. The average Bonchev–Trinajstić information content (AvgIpc) is 2.66. The number of nitroso groups, excluding NO2 is 2. The highest BCUT2D eigenvalue weighted by Gasteiger charge is 2.17. The van der Waals surface area contributed by atoms with Crippen LogP contribution in [0.4, 0.5) is 0 Å². The van der Waals surface area contributed by atoms with Gasteiger partial charge in [-0.05, 0) is 43.1 Å². The second kappa shape index (κ2) is 12.9. The molecule has 2 N–H and O–H groups in total. The maximum atomic E-state index is 10.7. The van der Waals surface area contributed by atoms with Crippen LogP contribution in [0.2, 0.25) is 0 Å². The highest BCUT2D eigenvalue weighted by atomic mass is 16.3. The van der Waals surface area contributed by atoms with Crippen molar-refractivity contribution in [3.8, 4) is 0 Å². The minimum Gasteiger partial charge on any atom is -0.376 e. The summed E-state index contributed by atoms with van der Waals surface area (Å²) >= 11 is 0. The van der Waals surface area contributed by atoms with Crippen LogP contribution in [-0.2, 0) is 0 Å². The molecule has 0 bridgehead atoms. The van der Waals surface area contributed by atoms with Crippen LogP contribution in [0.15, 0.2) is 31.7 Å². The monoisotopic (exact) mass is 371 g/mol. The first-order valence-corrected chi connectivity index (χ1v) is 8.24. The van der Waals surface area contributed by atoms with E-state index in [-0.39, 0.29) is 19.3 Å². The van der Waals surface area contributed by atoms with Gasteiger partial charge in [0.1, 0.15) is 25.1 Å². The second-order valence-corrected chi connectivity index (χ2v) is 5.45. The molecule has 0 unspecified atom stereocenters. The van der Waals surface area contributed by atoms with Crippen molar-refractivity contribution in [2.75, 3.05) is 40.4 Å². The van der Waals surface area contributed by atoms with E-state index in [9.17, 15) is 20.0 Å². The molecule has 0 amide bonds. The van der Waals surface area contributed by atoms with Crippen LogP contribution in [0.1, 0.15) is 34.1 Å². The third-order valence-corrected chi connectivity index (χ3v) is 3.79. The molecule has 0 fully saturated rings. The Kier molecular flexibility index (Phi) is 11.7. The van der Waals surface area contributed by atoms with Gasteiger partial charge in [-0.1, -0.05) is 6.92 Å². The Labute approximate surface area is 153 Å². The topological polar surface area (TPSA) is 134 Å². The van der Waals surface area contributed by atoms with Gasteiger partial charge >= 0.3 is 0 Å². The Bertz CT molecular complexity index is 548. The molecular weight excluding hydrogens is 342 g/mol. The van der Waals surface area contributed by atoms with E-state index in [1.807, 2.05) is 25.8 Å². The zero-order chi connectivity index (χ0) is 20.1. The van der Waals surface area contributed by atoms with Crippen molar-refractivity contribution in [1.82, 2.24) is 14.7 Å². The average molecular weight is 371 g/mol.